The lowest BCUT2D eigenvalue weighted by Crippen LogP contribution is -2.37. The molecule has 3 heteroatoms. The van der Waals surface area contributed by atoms with Gasteiger partial charge in [0, 0.05) is 31.3 Å². The lowest BCUT2D eigenvalue weighted by Gasteiger charge is -2.29. The van der Waals surface area contributed by atoms with Crippen LogP contribution < -0.4 is 5.32 Å². The average Bonchev–Trinajstić information content (AvgIpc) is 2.46. The monoisotopic (exact) mass is 210 g/mol. The Morgan fingerprint density at radius 3 is 2.53 bits per heavy atom. The van der Waals surface area contributed by atoms with Crippen molar-refractivity contribution in [1.82, 2.24) is 10.2 Å². The van der Waals surface area contributed by atoms with Crippen LogP contribution in [-0.2, 0) is 4.79 Å². The summed E-state index contributed by atoms with van der Waals surface area (Å²) in [6.07, 6.45) is 3.30. The van der Waals surface area contributed by atoms with Crippen molar-refractivity contribution < 1.29 is 4.79 Å². The first-order chi connectivity index (χ1) is 6.89. The minimum absolute atomic E-state index is 0.232. The summed E-state index contributed by atoms with van der Waals surface area (Å²) in [7, 11) is 4.17. The maximum atomic E-state index is 11.0. The van der Waals surface area contributed by atoms with Gasteiger partial charge in [0.05, 0.1) is 0 Å². The average molecular weight is 210 g/mol. The van der Waals surface area contributed by atoms with Crippen molar-refractivity contribution in [2.24, 2.45) is 5.41 Å². The topological polar surface area (TPSA) is 32.3 Å². The second-order valence-corrected chi connectivity index (χ2v) is 5.39. The Morgan fingerprint density at radius 1 is 1.40 bits per heavy atom. The molecule has 0 fully saturated rings. The maximum Gasteiger partial charge on any atom is 0.157 e. The van der Waals surface area contributed by atoms with Crippen LogP contribution in [0.4, 0.5) is 0 Å². The molecule has 0 radical (unpaired) electrons. The third kappa shape index (κ3) is 4.47. The Kier molecular flexibility index (Phi) is 3.91. The molecule has 0 saturated carbocycles. The van der Waals surface area contributed by atoms with Gasteiger partial charge < -0.3 is 10.2 Å². The molecule has 1 rings (SSSR count). The van der Waals surface area contributed by atoms with Crippen LogP contribution in [0.15, 0.2) is 11.8 Å². The molecule has 0 unspecified atom stereocenters. The molecule has 15 heavy (non-hydrogen) atoms. The summed E-state index contributed by atoms with van der Waals surface area (Å²) in [6, 6.07) is 0. The second-order valence-electron chi connectivity index (χ2n) is 5.39. The summed E-state index contributed by atoms with van der Waals surface area (Å²) < 4.78 is 0. The fraction of sp³-hybridized carbons (Fsp3) is 0.750. The van der Waals surface area contributed by atoms with E-state index in [0.29, 0.717) is 6.42 Å². The maximum absolute atomic E-state index is 11.0. The highest BCUT2D eigenvalue weighted by Gasteiger charge is 2.20. The molecule has 0 atom stereocenters. The van der Waals surface area contributed by atoms with Crippen LogP contribution in [0.3, 0.4) is 0 Å². The predicted octanol–water partition coefficient (Wildman–Crippen LogP) is 1.41. The van der Waals surface area contributed by atoms with Crippen molar-refractivity contribution in [3.05, 3.63) is 11.8 Å². The van der Waals surface area contributed by atoms with E-state index >= 15 is 0 Å². The Morgan fingerprint density at radius 2 is 2.07 bits per heavy atom. The summed E-state index contributed by atoms with van der Waals surface area (Å²) in [5, 5.41) is 3.37. The van der Waals surface area contributed by atoms with Gasteiger partial charge in [0.15, 0.2) is 5.78 Å². The molecule has 0 amide bonds. The van der Waals surface area contributed by atoms with Gasteiger partial charge in [-0.15, -0.1) is 0 Å². The number of carbonyl (C=O) groups is 1. The Labute approximate surface area is 92.5 Å². The van der Waals surface area contributed by atoms with Crippen LogP contribution in [0.25, 0.3) is 0 Å². The highest BCUT2D eigenvalue weighted by atomic mass is 16.1. The first-order valence-corrected chi connectivity index (χ1v) is 5.51. The number of carbonyl (C=O) groups excluding carboxylic acids is 1. The SMILES string of the molecule is CN(C)CC(C)(C)CNC1=CC(=O)CC1. The van der Waals surface area contributed by atoms with E-state index in [1.165, 1.54) is 0 Å². The van der Waals surface area contributed by atoms with Crippen LogP contribution in [0.2, 0.25) is 0 Å². The van der Waals surface area contributed by atoms with E-state index < -0.39 is 0 Å². The van der Waals surface area contributed by atoms with E-state index in [4.69, 9.17) is 0 Å². The zero-order valence-corrected chi connectivity index (χ0v) is 10.3. The molecule has 0 aromatic heterocycles. The van der Waals surface area contributed by atoms with Gasteiger partial charge in [0.25, 0.3) is 0 Å². The molecule has 3 nitrogen and oxygen atoms in total. The van der Waals surface area contributed by atoms with Crippen LogP contribution in [0.1, 0.15) is 26.7 Å². The summed E-state index contributed by atoms with van der Waals surface area (Å²) in [4.78, 5) is 13.2. The Balaban J connectivity index is 2.35. The van der Waals surface area contributed by atoms with Crippen molar-refractivity contribution in [2.75, 3.05) is 27.2 Å². The lowest BCUT2D eigenvalue weighted by atomic mass is 9.93. The third-order valence-electron chi connectivity index (χ3n) is 2.51. The van der Waals surface area contributed by atoms with E-state index in [0.717, 1.165) is 25.2 Å². The molecular weight excluding hydrogens is 188 g/mol. The van der Waals surface area contributed by atoms with E-state index in [1.54, 1.807) is 6.08 Å². The number of nitrogens with one attached hydrogen (secondary N) is 1. The summed E-state index contributed by atoms with van der Waals surface area (Å²) in [6.45, 7) is 6.43. The van der Waals surface area contributed by atoms with Gasteiger partial charge >= 0.3 is 0 Å². The largest absolute Gasteiger partial charge is 0.388 e. The van der Waals surface area contributed by atoms with E-state index in [9.17, 15) is 4.79 Å². The first kappa shape index (κ1) is 12.2. The zero-order valence-electron chi connectivity index (χ0n) is 10.3. The molecule has 0 aromatic rings. The fourth-order valence-corrected chi connectivity index (χ4v) is 2.00. The summed E-state index contributed by atoms with van der Waals surface area (Å²) in [5.74, 6) is 0.253. The molecule has 1 aliphatic rings. The predicted molar refractivity (Wildman–Crippen MR) is 62.7 cm³/mol. The number of hydrogen-bond acceptors (Lipinski definition) is 3. The van der Waals surface area contributed by atoms with Crippen LogP contribution in [0.5, 0.6) is 0 Å². The molecule has 0 spiro atoms. The molecule has 0 saturated heterocycles. The number of ketones is 1. The molecule has 1 N–H and O–H groups in total. The number of allylic oxidation sites excluding steroid dienone is 2. The first-order valence-electron chi connectivity index (χ1n) is 5.51. The number of nitrogens with zero attached hydrogens (tertiary/aromatic N) is 1. The normalized spacial score (nSPS) is 17.1. The second kappa shape index (κ2) is 4.79. The number of hydrogen-bond donors (Lipinski definition) is 1. The van der Waals surface area contributed by atoms with Crippen molar-refractivity contribution in [2.45, 2.75) is 26.7 Å². The molecule has 86 valence electrons. The smallest absolute Gasteiger partial charge is 0.157 e. The van der Waals surface area contributed by atoms with Gasteiger partial charge in [-0.2, -0.15) is 0 Å². The standard InChI is InChI=1S/C12H22N2O/c1-12(2,9-14(3)4)8-13-10-5-6-11(15)7-10/h7,13H,5-6,8-9H2,1-4H3. The molecule has 0 heterocycles. The van der Waals surface area contributed by atoms with Gasteiger partial charge in [-0.3, -0.25) is 4.79 Å². The molecule has 0 bridgehead atoms. The van der Waals surface area contributed by atoms with Crippen molar-refractivity contribution in [3.8, 4) is 0 Å². The minimum atomic E-state index is 0.232. The third-order valence-corrected chi connectivity index (χ3v) is 2.51. The summed E-state index contributed by atoms with van der Waals surface area (Å²) >= 11 is 0. The molecule has 1 aliphatic carbocycles. The molecule has 0 aliphatic heterocycles. The van der Waals surface area contributed by atoms with Gasteiger partial charge in [0.2, 0.25) is 0 Å². The van der Waals surface area contributed by atoms with E-state index in [2.05, 4.69) is 38.2 Å². The Bertz CT molecular complexity index is 267. The highest BCUT2D eigenvalue weighted by Crippen LogP contribution is 2.17. The molecular formula is C12H22N2O. The van der Waals surface area contributed by atoms with E-state index in [-0.39, 0.29) is 11.2 Å². The quantitative estimate of drug-likeness (QED) is 0.744. The number of rotatable bonds is 5. The molecule has 0 aromatic carbocycles. The van der Waals surface area contributed by atoms with Crippen LogP contribution in [-0.4, -0.2) is 37.9 Å². The van der Waals surface area contributed by atoms with Crippen molar-refractivity contribution in [1.29, 1.82) is 0 Å². The fourth-order valence-electron chi connectivity index (χ4n) is 2.00. The van der Waals surface area contributed by atoms with Gasteiger partial charge in [0.1, 0.15) is 0 Å². The highest BCUT2D eigenvalue weighted by molar-refractivity contribution is 5.92. The minimum Gasteiger partial charge on any atom is -0.388 e. The van der Waals surface area contributed by atoms with Gasteiger partial charge in [-0.1, -0.05) is 13.8 Å². The zero-order chi connectivity index (χ0) is 11.5. The summed E-state index contributed by atoms with van der Waals surface area (Å²) in [5.41, 5.74) is 1.34. The van der Waals surface area contributed by atoms with Crippen LogP contribution >= 0.6 is 0 Å². The van der Waals surface area contributed by atoms with Gasteiger partial charge in [-0.25, -0.2) is 0 Å². The Hall–Kier alpha value is -0.830. The van der Waals surface area contributed by atoms with Crippen molar-refractivity contribution in [3.63, 3.8) is 0 Å². The lowest BCUT2D eigenvalue weighted by molar-refractivity contribution is -0.114. The van der Waals surface area contributed by atoms with Gasteiger partial charge in [-0.05, 0) is 25.9 Å². The van der Waals surface area contributed by atoms with Crippen LogP contribution in [0, 0.1) is 5.41 Å². The van der Waals surface area contributed by atoms with E-state index in [1.807, 2.05) is 0 Å². The van der Waals surface area contributed by atoms with Crippen molar-refractivity contribution >= 4 is 5.78 Å².